The van der Waals surface area contributed by atoms with Gasteiger partial charge in [-0.1, -0.05) is 6.07 Å². The normalized spacial score (nSPS) is 9.69. The Morgan fingerprint density at radius 3 is 2.85 bits per heavy atom. The third-order valence-corrected chi connectivity index (χ3v) is 1.78. The molecule has 4 nitrogen and oxygen atoms in total. The number of nitrogen functional groups attached to an aromatic ring is 1. The highest BCUT2D eigenvalue weighted by molar-refractivity contribution is 5.72. The first-order chi connectivity index (χ1) is 6.13. The highest BCUT2D eigenvalue weighted by Gasteiger charge is 2.06. The second-order valence-electron chi connectivity index (χ2n) is 2.73. The van der Waals surface area contributed by atoms with Crippen LogP contribution in [0.25, 0.3) is 0 Å². The first-order valence-corrected chi connectivity index (χ1v) is 3.92. The van der Waals surface area contributed by atoms with Crippen molar-refractivity contribution in [3.8, 4) is 0 Å². The van der Waals surface area contributed by atoms with Crippen LogP contribution in [0.15, 0.2) is 12.1 Å². The summed E-state index contributed by atoms with van der Waals surface area (Å²) in [5, 5.41) is 0. The summed E-state index contributed by atoms with van der Waals surface area (Å²) in [5.74, 6) is 0.195. The summed E-state index contributed by atoms with van der Waals surface area (Å²) >= 11 is 0. The lowest BCUT2D eigenvalue weighted by Crippen LogP contribution is -2.07. The number of nitrogens with zero attached hydrogens (tertiary/aromatic N) is 1. The number of hydrogen-bond acceptors (Lipinski definition) is 4. The van der Waals surface area contributed by atoms with Crippen molar-refractivity contribution in [2.45, 2.75) is 13.3 Å². The standard InChI is InChI=1S/C9H12N2O2/c1-6-7(5-9(12)13-2)3-4-8(10)11-6/h3-4H,5H2,1-2H3,(H2,10,11). The molecule has 0 saturated carbocycles. The SMILES string of the molecule is COC(=O)Cc1ccc(N)nc1C. The van der Waals surface area contributed by atoms with Crippen LogP contribution in [0.2, 0.25) is 0 Å². The molecule has 0 atom stereocenters. The van der Waals surface area contributed by atoms with E-state index in [4.69, 9.17) is 5.73 Å². The van der Waals surface area contributed by atoms with E-state index in [9.17, 15) is 4.79 Å². The zero-order valence-corrected chi connectivity index (χ0v) is 7.70. The number of aryl methyl sites for hydroxylation is 1. The van der Waals surface area contributed by atoms with Crippen LogP contribution in [-0.2, 0) is 16.0 Å². The molecule has 0 unspecified atom stereocenters. The molecule has 0 bridgehead atoms. The van der Waals surface area contributed by atoms with Crippen molar-refractivity contribution in [3.63, 3.8) is 0 Å². The summed E-state index contributed by atoms with van der Waals surface area (Å²) in [7, 11) is 1.36. The number of nitrogens with two attached hydrogens (primary N) is 1. The van der Waals surface area contributed by atoms with Gasteiger partial charge in [0.05, 0.1) is 13.5 Å². The smallest absolute Gasteiger partial charge is 0.310 e. The lowest BCUT2D eigenvalue weighted by Gasteiger charge is -2.03. The molecule has 0 spiro atoms. The topological polar surface area (TPSA) is 65.2 Å². The Morgan fingerprint density at radius 2 is 2.31 bits per heavy atom. The minimum atomic E-state index is -0.269. The summed E-state index contributed by atoms with van der Waals surface area (Å²) in [5.41, 5.74) is 7.08. The quantitative estimate of drug-likeness (QED) is 0.680. The summed E-state index contributed by atoms with van der Waals surface area (Å²) < 4.78 is 4.54. The molecule has 0 amide bonds. The largest absolute Gasteiger partial charge is 0.469 e. The summed E-state index contributed by atoms with van der Waals surface area (Å²) in [6, 6.07) is 3.46. The first kappa shape index (κ1) is 9.51. The Labute approximate surface area is 76.7 Å². The van der Waals surface area contributed by atoms with Gasteiger partial charge < -0.3 is 10.5 Å². The van der Waals surface area contributed by atoms with Crippen molar-refractivity contribution in [2.75, 3.05) is 12.8 Å². The second-order valence-corrected chi connectivity index (χ2v) is 2.73. The van der Waals surface area contributed by atoms with Crippen LogP contribution in [0, 0.1) is 6.92 Å². The number of esters is 1. The average Bonchev–Trinajstić information content (AvgIpc) is 2.09. The monoisotopic (exact) mass is 180 g/mol. The molecule has 4 heteroatoms. The Kier molecular flexibility index (Phi) is 2.84. The molecule has 0 saturated heterocycles. The number of methoxy groups -OCH3 is 1. The van der Waals surface area contributed by atoms with Crippen LogP contribution in [0.1, 0.15) is 11.3 Å². The van der Waals surface area contributed by atoms with E-state index in [-0.39, 0.29) is 12.4 Å². The van der Waals surface area contributed by atoms with Gasteiger partial charge in [0.2, 0.25) is 0 Å². The van der Waals surface area contributed by atoms with E-state index < -0.39 is 0 Å². The molecule has 0 aliphatic heterocycles. The van der Waals surface area contributed by atoms with Crippen molar-refractivity contribution in [3.05, 3.63) is 23.4 Å². The minimum Gasteiger partial charge on any atom is -0.469 e. The van der Waals surface area contributed by atoms with Gasteiger partial charge in [0.1, 0.15) is 5.82 Å². The fraction of sp³-hybridized carbons (Fsp3) is 0.333. The maximum Gasteiger partial charge on any atom is 0.310 e. The number of anilines is 1. The molecule has 70 valence electrons. The van der Waals surface area contributed by atoms with Gasteiger partial charge >= 0.3 is 5.97 Å². The van der Waals surface area contributed by atoms with Gasteiger partial charge in [-0.15, -0.1) is 0 Å². The van der Waals surface area contributed by atoms with Crippen molar-refractivity contribution in [1.29, 1.82) is 0 Å². The number of rotatable bonds is 2. The number of hydrogen-bond donors (Lipinski definition) is 1. The predicted octanol–water partition coefficient (Wildman–Crippen LogP) is 0.688. The van der Waals surface area contributed by atoms with E-state index in [2.05, 4.69) is 9.72 Å². The predicted molar refractivity (Wildman–Crippen MR) is 49.1 cm³/mol. The molecular weight excluding hydrogens is 168 g/mol. The fourth-order valence-corrected chi connectivity index (χ4v) is 1.02. The molecule has 1 heterocycles. The summed E-state index contributed by atoms with van der Waals surface area (Å²) in [6.45, 7) is 1.81. The Morgan fingerprint density at radius 1 is 1.62 bits per heavy atom. The molecule has 0 fully saturated rings. The summed E-state index contributed by atoms with van der Waals surface area (Å²) in [4.78, 5) is 15.0. The lowest BCUT2D eigenvalue weighted by molar-refractivity contribution is -0.139. The lowest BCUT2D eigenvalue weighted by atomic mass is 10.1. The van der Waals surface area contributed by atoms with Crippen molar-refractivity contribution in [1.82, 2.24) is 4.98 Å². The minimum absolute atomic E-state index is 0.246. The highest BCUT2D eigenvalue weighted by atomic mass is 16.5. The molecular formula is C9H12N2O2. The van der Waals surface area contributed by atoms with Gasteiger partial charge in [0.25, 0.3) is 0 Å². The zero-order chi connectivity index (χ0) is 9.84. The van der Waals surface area contributed by atoms with Gasteiger partial charge in [-0.05, 0) is 18.6 Å². The van der Waals surface area contributed by atoms with E-state index in [0.29, 0.717) is 5.82 Å². The van der Waals surface area contributed by atoms with E-state index >= 15 is 0 Å². The molecule has 1 aromatic heterocycles. The number of carbonyl (C=O) groups excluding carboxylic acids is 1. The van der Waals surface area contributed by atoms with E-state index in [1.165, 1.54) is 7.11 Å². The van der Waals surface area contributed by atoms with Crippen LogP contribution in [0.4, 0.5) is 5.82 Å². The van der Waals surface area contributed by atoms with Crippen LogP contribution in [0.5, 0.6) is 0 Å². The fourth-order valence-electron chi connectivity index (χ4n) is 1.02. The number of carbonyl (C=O) groups is 1. The van der Waals surface area contributed by atoms with Crippen LogP contribution in [-0.4, -0.2) is 18.1 Å². The van der Waals surface area contributed by atoms with Gasteiger partial charge in [-0.3, -0.25) is 4.79 Å². The van der Waals surface area contributed by atoms with Crippen LogP contribution < -0.4 is 5.73 Å². The van der Waals surface area contributed by atoms with Gasteiger partial charge in [0, 0.05) is 5.69 Å². The molecule has 0 aliphatic carbocycles. The third-order valence-electron chi connectivity index (χ3n) is 1.78. The van der Waals surface area contributed by atoms with Gasteiger partial charge in [-0.2, -0.15) is 0 Å². The number of pyridine rings is 1. The van der Waals surface area contributed by atoms with Crippen LogP contribution >= 0.6 is 0 Å². The zero-order valence-electron chi connectivity index (χ0n) is 7.70. The van der Waals surface area contributed by atoms with Gasteiger partial charge in [0.15, 0.2) is 0 Å². The molecule has 13 heavy (non-hydrogen) atoms. The molecule has 2 N–H and O–H groups in total. The van der Waals surface area contributed by atoms with E-state index in [1.54, 1.807) is 12.1 Å². The first-order valence-electron chi connectivity index (χ1n) is 3.92. The third kappa shape index (κ3) is 2.43. The molecule has 0 aliphatic rings. The number of aromatic nitrogens is 1. The maximum atomic E-state index is 10.9. The van der Waals surface area contributed by atoms with Crippen molar-refractivity contribution < 1.29 is 9.53 Å². The Hall–Kier alpha value is -1.58. The molecule has 0 radical (unpaired) electrons. The Bertz CT molecular complexity index is 323. The number of ether oxygens (including phenoxy) is 1. The summed E-state index contributed by atoms with van der Waals surface area (Å²) in [6.07, 6.45) is 0.246. The van der Waals surface area contributed by atoms with Crippen molar-refractivity contribution >= 4 is 11.8 Å². The van der Waals surface area contributed by atoms with E-state index in [1.807, 2.05) is 6.92 Å². The second kappa shape index (κ2) is 3.89. The van der Waals surface area contributed by atoms with Crippen LogP contribution in [0.3, 0.4) is 0 Å². The molecule has 1 aromatic rings. The molecule has 0 aromatic carbocycles. The van der Waals surface area contributed by atoms with E-state index in [0.717, 1.165) is 11.3 Å². The maximum absolute atomic E-state index is 10.9. The van der Waals surface area contributed by atoms with Gasteiger partial charge in [-0.25, -0.2) is 4.98 Å². The average molecular weight is 180 g/mol. The highest BCUT2D eigenvalue weighted by Crippen LogP contribution is 2.08. The van der Waals surface area contributed by atoms with Crippen molar-refractivity contribution in [2.24, 2.45) is 0 Å². The Balaban J connectivity index is 2.83. The molecule has 1 rings (SSSR count).